The van der Waals surface area contributed by atoms with E-state index in [1.54, 1.807) is 49.6 Å². The lowest BCUT2D eigenvalue weighted by atomic mass is 9.99. The molecule has 184 valence electrons. The summed E-state index contributed by atoms with van der Waals surface area (Å²) >= 11 is 0. The number of hydrogen-bond acceptors (Lipinski definition) is 6. The topological polar surface area (TPSA) is 102 Å². The highest BCUT2D eigenvalue weighted by Gasteiger charge is 2.37. The van der Waals surface area contributed by atoms with Gasteiger partial charge in [-0.1, -0.05) is 23.4 Å². The van der Waals surface area contributed by atoms with Gasteiger partial charge < -0.3 is 14.6 Å². The SMILES string of the molecule is COc1ccc(NC(=O)C2CCCN(S(=O)(=O)c3c(C)noc3C=Cc3ccccc3F)C2)cc1. The fourth-order valence-corrected chi connectivity index (χ4v) is 5.77. The van der Waals surface area contributed by atoms with Gasteiger partial charge in [-0.25, -0.2) is 12.8 Å². The van der Waals surface area contributed by atoms with Crippen molar-refractivity contribution in [1.29, 1.82) is 0 Å². The number of rotatable bonds is 7. The van der Waals surface area contributed by atoms with Crippen LogP contribution in [-0.4, -0.2) is 44.0 Å². The lowest BCUT2D eigenvalue weighted by molar-refractivity contribution is -0.120. The number of nitrogens with zero attached hydrogens (tertiary/aromatic N) is 2. The van der Waals surface area contributed by atoms with E-state index >= 15 is 0 Å². The Kier molecular flexibility index (Phi) is 7.32. The largest absolute Gasteiger partial charge is 0.497 e. The molecule has 1 amide bonds. The predicted octanol–water partition coefficient (Wildman–Crippen LogP) is 4.34. The number of benzene rings is 2. The van der Waals surface area contributed by atoms with Gasteiger partial charge in [-0.15, -0.1) is 0 Å². The van der Waals surface area contributed by atoms with Gasteiger partial charge in [0.1, 0.15) is 17.3 Å². The Bertz CT molecular complexity index is 1340. The summed E-state index contributed by atoms with van der Waals surface area (Å²) in [5.41, 5.74) is 1.09. The minimum Gasteiger partial charge on any atom is -0.497 e. The van der Waals surface area contributed by atoms with E-state index in [0.717, 1.165) is 0 Å². The van der Waals surface area contributed by atoms with Gasteiger partial charge in [-0.3, -0.25) is 4.79 Å². The Morgan fingerprint density at radius 1 is 1.20 bits per heavy atom. The smallest absolute Gasteiger partial charge is 0.248 e. The number of sulfonamides is 1. The van der Waals surface area contributed by atoms with Gasteiger partial charge in [-0.2, -0.15) is 4.31 Å². The second kappa shape index (κ2) is 10.4. The van der Waals surface area contributed by atoms with Crippen molar-refractivity contribution in [3.63, 3.8) is 0 Å². The van der Waals surface area contributed by atoms with Crippen LogP contribution in [0.15, 0.2) is 57.9 Å². The second-order valence-electron chi connectivity index (χ2n) is 8.24. The van der Waals surface area contributed by atoms with E-state index in [1.807, 2.05) is 0 Å². The lowest BCUT2D eigenvalue weighted by Gasteiger charge is -2.31. The molecule has 3 aromatic rings. The van der Waals surface area contributed by atoms with E-state index in [0.29, 0.717) is 24.3 Å². The molecule has 8 nitrogen and oxygen atoms in total. The van der Waals surface area contributed by atoms with Crippen LogP contribution < -0.4 is 10.1 Å². The Labute approximate surface area is 203 Å². The molecule has 1 fully saturated rings. The van der Waals surface area contributed by atoms with Crippen LogP contribution in [0.2, 0.25) is 0 Å². The summed E-state index contributed by atoms with van der Waals surface area (Å²) in [5.74, 6) is -0.529. The number of carbonyl (C=O) groups excluding carboxylic acids is 1. The van der Waals surface area contributed by atoms with Crippen molar-refractivity contribution >= 4 is 33.8 Å². The molecule has 1 aliphatic rings. The molecular weight excluding hydrogens is 473 g/mol. The number of ether oxygens (including phenoxy) is 1. The van der Waals surface area contributed by atoms with Crippen molar-refractivity contribution in [2.24, 2.45) is 5.92 Å². The molecule has 1 aromatic heterocycles. The highest BCUT2D eigenvalue weighted by molar-refractivity contribution is 7.89. The lowest BCUT2D eigenvalue weighted by Crippen LogP contribution is -2.43. The Balaban J connectivity index is 1.52. The first-order valence-electron chi connectivity index (χ1n) is 11.1. The standard InChI is InChI=1S/C25H26FN3O5S/c1-17-24(23(34-28-17)14-9-18-6-3-4-8-22(18)26)35(31,32)29-15-5-7-19(16-29)25(30)27-20-10-12-21(33-2)13-11-20/h3-4,6,8-14,19H,5,7,15-16H2,1-2H3,(H,27,30). The number of piperidine rings is 1. The summed E-state index contributed by atoms with van der Waals surface area (Å²) < 4.78 is 52.7. The number of nitrogens with one attached hydrogen (secondary N) is 1. The van der Waals surface area contributed by atoms with Gasteiger partial charge in [-0.05, 0) is 62.2 Å². The third-order valence-corrected chi connectivity index (χ3v) is 7.89. The molecular formula is C25H26FN3O5S. The van der Waals surface area contributed by atoms with Crippen molar-refractivity contribution in [3.8, 4) is 5.75 Å². The number of anilines is 1. The van der Waals surface area contributed by atoms with Gasteiger partial charge in [0.15, 0.2) is 10.7 Å². The van der Waals surface area contributed by atoms with E-state index in [4.69, 9.17) is 9.26 Å². The van der Waals surface area contributed by atoms with Crippen molar-refractivity contribution < 1.29 is 26.9 Å². The van der Waals surface area contributed by atoms with Crippen LogP contribution in [0.25, 0.3) is 12.2 Å². The second-order valence-corrected chi connectivity index (χ2v) is 10.1. The van der Waals surface area contributed by atoms with Crippen LogP contribution in [0.5, 0.6) is 5.75 Å². The number of amides is 1. The summed E-state index contributed by atoms with van der Waals surface area (Å²) in [6.07, 6.45) is 3.93. The zero-order valence-corrected chi connectivity index (χ0v) is 20.2. The average Bonchev–Trinajstić information content (AvgIpc) is 3.25. The van der Waals surface area contributed by atoms with Gasteiger partial charge in [0.2, 0.25) is 15.9 Å². The highest BCUT2D eigenvalue weighted by Crippen LogP contribution is 2.30. The Morgan fingerprint density at radius 3 is 2.66 bits per heavy atom. The molecule has 0 aliphatic carbocycles. The molecule has 1 atom stereocenters. The Hall–Kier alpha value is -3.50. The first kappa shape index (κ1) is 24.6. The van der Waals surface area contributed by atoms with Crippen LogP contribution in [0.4, 0.5) is 10.1 Å². The average molecular weight is 500 g/mol. The zero-order chi connectivity index (χ0) is 25.0. The molecule has 1 saturated heterocycles. The maximum Gasteiger partial charge on any atom is 0.248 e. The maximum atomic E-state index is 14.0. The summed E-state index contributed by atoms with van der Waals surface area (Å²) in [7, 11) is -2.45. The number of aromatic nitrogens is 1. The van der Waals surface area contributed by atoms with E-state index < -0.39 is 21.8 Å². The van der Waals surface area contributed by atoms with Gasteiger partial charge in [0, 0.05) is 24.3 Å². The zero-order valence-electron chi connectivity index (χ0n) is 19.4. The van der Waals surface area contributed by atoms with E-state index in [2.05, 4.69) is 10.5 Å². The maximum absolute atomic E-state index is 14.0. The molecule has 0 radical (unpaired) electrons. The number of aryl methyl sites for hydroxylation is 1. The Morgan fingerprint density at radius 2 is 1.94 bits per heavy atom. The predicted molar refractivity (Wildman–Crippen MR) is 130 cm³/mol. The molecule has 4 rings (SSSR count). The van der Waals surface area contributed by atoms with Crippen LogP contribution in [0.3, 0.4) is 0 Å². The minimum absolute atomic E-state index is 0.00978. The molecule has 0 bridgehead atoms. The van der Waals surface area contributed by atoms with Crippen LogP contribution in [0, 0.1) is 18.7 Å². The number of halogens is 1. The molecule has 2 heterocycles. The molecule has 10 heteroatoms. The number of methoxy groups -OCH3 is 1. The van der Waals surface area contributed by atoms with Crippen molar-refractivity contribution in [2.75, 3.05) is 25.5 Å². The van der Waals surface area contributed by atoms with E-state index in [9.17, 15) is 17.6 Å². The fraction of sp³-hybridized carbons (Fsp3) is 0.280. The van der Waals surface area contributed by atoms with Gasteiger partial charge in [0.05, 0.1) is 13.0 Å². The normalized spacial score (nSPS) is 16.9. The summed E-state index contributed by atoms with van der Waals surface area (Å²) in [6, 6.07) is 13.0. The van der Waals surface area contributed by atoms with E-state index in [1.165, 1.54) is 29.4 Å². The number of hydrogen-bond donors (Lipinski definition) is 1. The highest BCUT2D eigenvalue weighted by atomic mass is 32.2. The third-order valence-electron chi connectivity index (χ3n) is 5.86. The van der Waals surface area contributed by atoms with Crippen molar-refractivity contribution in [3.05, 3.63) is 71.4 Å². The molecule has 35 heavy (non-hydrogen) atoms. The van der Waals surface area contributed by atoms with Crippen LogP contribution in [0.1, 0.15) is 29.9 Å². The number of carbonyl (C=O) groups is 1. The fourth-order valence-electron chi connectivity index (χ4n) is 4.00. The quantitative estimate of drug-likeness (QED) is 0.519. The van der Waals surface area contributed by atoms with Gasteiger partial charge >= 0.3 is 0 Å². The van der Waals surface area contributed by atoms with Crippen molar-refractivity contribution in [1.82, 2.24) is 9.46 Å². The molecule has 1 unspecified atom stereocenters. The summed E-state index contributed by atoms with van der Waals surface area (Å²) in [6.45, 7) is 1.84. The van der Waals surface area contributed by atoms with E-state index in [-0.39, 0.29) is 40.9 Å². The molecule has 2 aromatic carbocycles. The molecule has 1 N–H and O–H groups in total. The molecule has 0 spiro atoms. The van der Waals surface area contributed by atoms with Gasteiger partial charge in [0.25, 0.3) is 0 Å². The first-order chi connectivity index (χ1) is 16.8. The summed E-state index contributed by atoms with van der Waals surface area (Å²) in [4.78, 5) is 12.8. The molecule has 0 saturated carbocycles. The summed E-state index contributed by atoms with van der Waals surface area (Å²) in [5, 5.41) is 6.66. The first-order valence-corrected chi connectivity index (χ1v) is 12.6. The van der Waals surface area contributed by atoms with Crippen molar-refractivity contribution in [2.45, 2.75) is 24.7 Å². The van der Waals surface area contributed by atoms with Crippen LogP contribution in [-0.2, 0) is 14.8 Å². The molecule has 1 aliphatic heterocycles. The minimum atomic E-state index is -4.01. The monoisotopic (exact) mass is 499 g/mol. The third kappa shape index (κ3) is 5.44. The van der Waals surface area contributed by atoms with Crippen LogP contribution >= 0.6 is 0 Å².